The molecule has 21 heavy (non-hydrogen) atoms. The van der Waals surface area contributed by atoms with Gasteiger partial charge in [0.15, 0.2) is 0 Å². The standard InChI is InChI=1S/C14H20ClNO4S/c1-17-4-5-18-6-7-19-8-9-20-13-3-2-11(14(16)21)10-12(13)15/h2-3,10H,4-9H2,1H3,(H2,16,21). The Morgan fingerprint density at radius 2 is 1.71 bits per heavy atom. The number of benzene rings is 1. The van der Waals surface area contributed by atoms with Crippen molar-refractivity contribution in [2.75, 3.05) is 46.8 Å². The summed E-state index contributed by atoms with van der Waals surface area (Å²) in [6.45, 7) is 3.07. The third-order valence-corrected chi connectivity index (χ3v) is 3.04. The lowest BCUT2D eigenvalue weighted by molar-refractivity contribution is 0.0180. The van der Waals surface area contributed by atoms with Crippen molar-refractivity contribution in [1.82, 2.24) is 0 Å². The van der Waals surface area contributed by atoms with E-state index in [-0.39, 0.29) is 0 Å². The van der Waals surface area contributed by atoms with E-state index in [2.05, 4.69) is 0 Å². The zero-order chi connectivity index (χ0) is 15.5. The summed E-state index contributed by atoms with van der Waals surface area (Å²) in [5.74, 6) is 0.580. The van der Waals surface area contributed by atoms with E-state index in [0.717, 1.165) is 0 Å². The molecule has 0 atom stereocenters. The fraction of sp³-hybridized carbons (Fsp3) is 0.500. The lowest BCUT2D eigenvalue weighted by Crippen LogP contribution is -2.13. The van der Waals surface area contributed by atoms with Crippen LogP contribution >= 0.6 is 23.8 Å². The Morgan fingerprint density at radius 3 is 2.29 bits per heavy atom. The van der Waals surface area contributed by atoms with Crippen molar-refractivity contribution in [3.05, 3.63) is 28.8 Å². The number of hydrogen-bond acceptors (Lipinski definition) is 5. The Kier molecular flexibility index (Phi) is 9.29. The van der Waals surface area contributed by atoms with Crippen LogP contribution in [0.2, 0.25) is 5.02 Å². The minimum Gasteiger partial charge on any atom is -0.490 e. The van der Waals surface area contributed by atoms with E-state index < -0.39 is 0 Å². The monoisotopic (exact) mass is 333 g/mol. The fourth-order valence-electron chi connectivity index (χ4n) is 1.45. The summed E-state index contributed by atoms with van der Waals surface area (Å²) in [6, 6.07) is 5.20. The van der Waals surface area contributed by atoms with E-state index in [9.17, 15) is 0 Å². The summed E-state index contributed by atoms with van der Waals surface area (Å²) >= 11 is 10.9. The van der Waals surface area contributed by atoms with Crippen LogP contribution in [0.3, 0.4) is 0 Å². The first-order valence-electron chi connectivity index (χ1n) is 6.51. The highest BCUT2D eigenvalue weighted by atomic mass is 35.5. The van der Waals surface area contributed by atoms with Gasteiger partial charge in [-0.2, -0.15) is 0 Å². The van der Waals surface area contributed by atoms with Gasteiger partial charge in [-0.25, -0.2) is 0 Å². The summed E-state index contributed by atoms with van der Waals surface area (Å²) in [4.78, 5) is 0.306. The van der Waals surface area contributed by atoms with Crippen LogP contribution in [0.4, 0.5) is 0 Å². The summed E-state index contributed by atoms with van der Waals surface area (Å²) < 4.78 is 21.0. The molecule has 7 heteroatoms. The molecule has 0 amide bonds. The molecule has 0 unspecified atom stereocenters. The first-order valence-corrected chi connectivity index (χ1v) is 7.30. The van der Waals surface area contributed by atoms with Gasteiger partial charge in [-0.15, -0.1) is 0 Å². The molecule has 118 valence electrons. The quantitative estimate of drug-likeness (QED) is 0.494. The molecule has 0 saturated carbocycles. The van der Waals surface area contributed by atoms with E-state index in [0.29, 0.717) is 61.0 Å². The van der Waals surface area contributed by atoms with Gasteiger partial charge in [0.1, 0.15) is 17.3 Å². The summed E-state index contributed by atoms with van der Waals surface area (Å²) in [5.41, 5.74) is 6.24. The van der Waals surface area contributed by atoms with Gasteiger partial charge in [-0.3, -0.25) is 0 Å². The van der Waals surface area contributed by atoms with Crippen LogP contribution in [-0.2, 0) is 14.2 Å². The minimum atomic E-state index is 0.306. The predicted octanol–water partition coefficient (Wildman–Crippen LogP) is 2.03. The number of halogens is 1. The van der Waals surface area contributed by atoms with Gasteiger partial charge in [0, 0.05) is 12.7 Å². The van der Waals surface area contributed by atoms with Crippen LogP contribution in [0.1, 0.15) is 5.56 Å². The molecule has 0 aromatic heterocycles. The maximum Gasteiger partial charge on any atom is 0.138 e. The lowest BCUT2D eigenvalue weighted by Gasteiger charge is -2.10. The van der Waals surface area contributed by atoms with E-state index in [1.165, 1.54) is 0 Å². The van der Waals surface area contributed by atoms with Crippen molar-refractivity contribution >= 4 is 28.8 Å². The Balaban J connectivity index is 2.14. The summed E-state index contributed by atoms with van der Waals surface area (Å²) in [6.07, 6.45) is 0. The molecule has 0 fully saturated rings. The van der Waals surface area contributed by atoms with Gasteiger partial charge in [-0.1, -0.05) is 23.8 Å². The topological polar surface area (TPSA) is 62.9 Å². The van der Waals surface area contributed by atoms with Crippen LogP contribution in [0.5, 0.6) is 5.75 Å². The second-order valence-electron chi connectivity index (χ2n) is 4.08. The Hall–Kier alpha value is -0.920. The van der Waals surface area contributed by atoms with Gasteiger partial charge in [0.2, 0.25) is 0 Å². The minimum absolute atomic E-state index is 0.306. The van der Waals surface area contributed by atoms with Gasteiger partial charge in [0.05, 0.1) is 38.1 Å². The van der Waals surface area contributed by atoms with Crippen molar-refractivity contribution < 1.29 is 18.9 Å². The molecule has 0 aliphatic rings. The highest BCUT2D eigenvalue weighted by Gasteiger charge is 2.04. The zero-order valence-corrected chi connectivity index (χ0v) is 13.5. The highest BCUT2D eigenvalue weighted by molar-refractivity contribution is 7.80. The van der Waals surface area contributed by atoms with Crippen molar-refractivity contribution in [2.45, 2.75) is 0 Å². The van der Waals surface area contributed by atoms with Crippen molar-refractivity contribution in [3.63, 3.8) is 0 Å². The van der Waals surface area contributed by atoms with Crippen LogP contribution in [-0.4, -0.2) is 51.7 Å². The molecule has 2 N–H and O–H groups in total. The van der Waals surface area contributed by atoms with E-state index >= 15 is 0 Å². The molecule has 1 rings (SSSR count). The fourth-order valence-corrected chi connectivity index (χ4v) is 1.81. The molecule has 0 spiro atoms. The second-order valence-corrected chi connectivity index (χ2v) is 4.92. The normalized spacial score (nSPS) is 10.6. The first-order chi connectivity index (χ1) is 10.1. The molecule has 0 bridgehead atoms. The Bertz CT molecular complexity index is 445. The van der Waals surface area contributed by atoms with Crippen molar-refractivity contribution in [2.24, 2.45) is 5.73 Å². The number of thiocarbonyl (C=S) groups is 1. The Labute approximate surface area is 135 Å². The number of rotatable bonds is 11. The predicted molar refractivity (Wildman–Crippen MR) is 86.3 cm³/mol. The molecule has 0 aliphatic heterocycles. The zero-order valence-electron chi connectivity index (χ0n) is 12.0. The number of ether oxygens (including phenoxy) is 4. The number of nitrogens with two attached hydrogens (primary N) is 1. The average molecular weight is 334 g/mol. The summed E-state index contributed by atoms with van der Waals surface area (Å²) in [7, 11) is 1.63. The van der Waals surface area contributed by atoms with Crippen LogP contribution in [0.25, 0.3) is 0 Å². The third-order valence-electron chi connectivity index (χ3n) is 2.51. The number of methoxy groups -OCH3 is 1. The Morgan fingerprint density at radius 1 is 1.10 bits per heavy atom. The molecular weight excluding hydrogens is 314 g/mol. The van der Waals surface area contributed by atoms with Crippen molar-refractivity contribution in [1.29, 1.82) is 0 Å². The van der Waals surface area contributed by atoms with E-state index in [1.54, 1.807) is 25.3 Å². The van der Waals surface area contributed by atoms with Crippen molar-refractivity contribution in [3.8, 4) is 5.75 Å². The highest BCUT2D eigenvalue weighted by Crippen LogP contribution is 2.25. The smallest absolute Gasteiger partial charge is 0.138 e. The molecule has 5 nitrogen and oxygen atoms in total. The molecule has 0 radical (unpaired) electrons. The van der Waals surface area contributed by atoms with Crippen LogP contribution < -0.4 is 10.5 Å². The molecule has 0 heterocycles. The molecular formula is C14H20ClNO4S. The first kappa shape index (κ1) is 18.1. The van der Waals surface area contributed by atoms with Gasteiger partial charge < -0.3 is 24.7 Å². The SMILES string of the molecule is COCCOCCOCCOc1ccc(C(N)=S)cc1Cl. The second kappa shape index (κ2) is 10.8. The van der Waals surface area contributed by atoms with Crippen LogP contribution in [0, 0.1) is 0 Å². The maximum absolute atomic E-state index is 6.07. The number of hydrogen-bond donors (Lipinski definition) is 1. The van der Waals surface area contributed by atoms with E-state index in [1.807, 2.05) is 0 Å². The molecule has 0 saturated heterocycles. The average Bonchev–Trinajstić information content (AvgIpc) is 2.46. The third kappa shape index (κ3) is 7.59. The van der Waals surface area contributed by atoms with Gasteiger partial charge in [-0.05, 0) is 18.2 Å². The molecule has 1 aromatic rings. The maximum atomic E-state index is 6.07. The van der Waals surface area contributed by atoms with Gasteiger partial charge >= 0.3 is 0 Å². The van der Waals surface area contributed by atoms with Gasteiger partial charge in [0.25, 0.3) is 0 Å². The summed E-state index contributed by atoms with van der Waals surface area (Å²) in [5, 5.41) is 0.475. The van der Waals surface area contributed by atoms with E-state index in [4.69, 9.17) is 48.5 Å². The molecule has 1 aromatic carbocycles. The van der Waals surface area contributed by atoms with Crippen LogP contribution in [0.15, 0.2) is 18.2 Å². The molecule has 0 aliphatic carbocycles. The lowest BCUT2D eigenvalue weighted by atomic mass is 10.2. The largest absolute Gasteiger partial charge is 0.490 e.